The average Bonchev–Trinajstić information content (AvgIpc) is 2.67. The number of benzene rings is 2. The minimum absolute atomic E-state index is 0.113. The molecule has 0 aliphatic carbocycles. The smallest absolute Gasteiger partial charge is 0.185 e. The number of nitrogens with zero attached hydrogens (tertiary/aromatic N) is 1. The van der Waals surface area contributed by atoms with Gasteiger partial charge in [-0.05, 0) is 65.7 Å². The van der Waals surface area contributed by atoms with E-state index in [0.29, 0.717) is 12.2 Å². The molecule has 1 heterocycles. The van der Waals surface area contributed by atoms with Gasteiger partial charge in [0.25, 0.3) is 0 Å². The SMILES string of the molecule is O=C(/C=C/c1ccc(OCc2ccncc2)cc1)c1ccc(O)cc1. The van der Waals surface area contributed by atoms with E-state index in [1.165, 1.54) is 18.2 Å². The second-order valence-electron chi connectivity index (χ2n) is 5.46. The van der Waals surface area contributed by atoms with Crippen molar-refractivity contribution in [3.05, 3.63) is 95.8 Å². The highest BCUT2D eigenvalue weighted by molar-refractivity contribution is 6.06. The van der Waals surface area contributed by atoms with E-state index in [0.717, 1.165) is 16.9 Å². The summed E-state index contributed by atoms with van der Waals surface area (Å²) >= 11 is 0. The molecule has 3 rings (SSSR count). The maximum atomic E-state index is 12.1. The van der Waals surface area contributed by atoms with Crippen LogP contribution in [-0.2, 0) is 6.61 Å². The Kier molecular flexibility index (Phi) is 5.22. The molecule has 0 radical (unpaired) electrons. The highest BCUT2D eigenvalue weighted by Crippen LogP contribution is 2.16. The molecule has 2 aromatic carbocycles. The maximum Gasteiger partial charge on any atom is 0.185 e. The van der Waals surface area contributed by atoms with E-state index in [9.17, 15) is 9.90 Å². The van der Waals surface area contributed by atoms with Crippen LogP contribution in [-0.4, -0.2) is 15.9 Å². The summed E-state index contributed by atoms with van der Waals surface area (Å²) in [4.78, 5) is 16.0. The van der Waals surface area contributed by atoms with E-state index in [2.05, 4.69) is 4.98 Å². The Balaban J connectivity index is 1.58. The monoisotopic (exact) mass is 331 g/mol. The number of phenolic OH excluding ortho intramolecular Hbond substituents is 1. The Morgan fingerprint density at radius 2 is 1.64 bits per heavy atom. The van der Waals surface area contributed by atoms with Crippen LogP contribution in [0.1, 0.15) is 21.5 Å². The van der Waals surface area contributed by atoms with Crippen molar-refractivity contribution in [3.8, 4) is 11.5 Å². The van der Waals surface area contributed by atoms with Crippen LogP contribution in [0.2, 0.25) is 0 Å². The maximum absolute atomic E-state index is 12.1. The van der Waals surface area contributed by atoms with Gasteiger partial charge in [-0.15, -0.1) is 0 Å². The van der Waals surface area contributed by atoms with Crippen molar-refractivity contribution >= 4 is 11.9 Å². The lowest BCUT2D eigenvalue weighted by Gasteiger charge is -2.06. The van der Waals surface area contributed by atoms with Gasteiger partial charge in [-0.2, -0.15) is 0 Å². The minimum Gasteiger partial charge on any atom is -0.508 e. The third kappa shape index (κ3) is 4.78. The molecule has 124 valence electrons. The minimum atomic E-state index is -0.113. The summed E-state index contributed by atoms with van der Waals surface area (Å²) in [6, 6.07) is 17.5. The summed E-state index contributed by atoms with van der Waals surface area (Å²) in [5.74, 6) is 0.791. The van der Waals surface area contributed by atoms with Crippen LogP contribution in [0.3, 0.4) is 0 Å². The van der Waals surface area contributed by atoms with Gasteiger partial charge in [0, 0.05) is 18.0 Å². The number of hydrogen-bond acceptors (Lipinski definition) is 4. The van der Waals surface area contributed by atoms with Crippen molar-refractivity contribution < 1.29 is 14.6 Å². The van der Waals surface area contributed by atoms with Crippen molar-refractivity contribution in [2.75, 3.05) is 0 Å². The molecule has 1 aromatic heterocycles. The van der Waals surface area contributed by atoms with Gasteiger partial charge in [-0.3, -0.25) is 9.78 Å². The van der Waals surface area contributed by atoms with Crippen molar-refractivity contribution in [2.45, 2.75) is 6.61 Å². The number of ether oxygens (including phenoxy) is 1. The van der Waals surface area contributed by atoms with E-state index in [1.807, 2.05) is 36.4 Å². The number of aromatic hydroxyl groups is 1. The molecule has 3 aromatic rings. The van der Waals surface area contributed by atoms with Gasteiger partial charge >= 0.3 is 0 Å². The van der Waals surface area contributed by atoms with Gasteiger partial charge in [-0.1, -0.05) is 18.2 Å². The Morgan fingerprint density at radius 3 is 2.32 bits per heavy atom. The van der Waals surface area contributed by atoms with E-state index in [-0.39, 0.29) is 11.5 Å². The Labute approximate surface area is 146 Å². The first-order chi connectivity index (χ1) is 12.2. The summed E-state index contributed by atoms with van der Waals surface area (Å²) in [7, 11) is 0. The van der Waals surface area contributed by atoms with Gasteiger partial charge < -0.3 is 9.84 Å². The van der Waals surface area contributed by atoms with E-state index < -0.39 is 0 Å². The number of aromatic nitrogens is 1. The number of ketones is 1. The predicted octanol–water partition coefficient (Wildman–Crippen LogP) is 4.26. The Morgan fingerprint density at radius 1 is 0.960 bits per heavy atom. The zero-order valence-electron chi connectivity index (χ0n) is 13.5. The fourth-order valence-corrected chi connectivity index (χ4v) is 2.21. The molecule has 0 atom stereocenters. The van der Waals surface area contributed by atoms with Crippen molar-refractivity contribution in [2.24, 2.45) is 0 Å². The standard InChI is InChI=1S/C21H17NO3/c23-19-6-4-18(5-7-19)21(24)10-3-16-1-8-20(9-2-16)25-15-17-11-13-22-14-12-17/h1-14,23H,15H2/b10-3+. The number of carbonyl (C=O) groups is 1. The lowest BCUT2D eigenvalue weighted by Crippen LogP contribution is -1.95. The zero-order valence-corrected chi connectivity index (χ0v) is 13.5. The predicted molar refractivity (Wildman–Crippen MR) is 96.5 cm³/mol. The van der Waals surface area contributed by atoms with Crippen molar-refractivity contribution in [1.29, 1.82) is 0 Å². The summed E-state index contributed by atoms with van der Waals surface area (Å²) < 4.78 is 5.71. The lowest BCUT2D eigenvalue weighted by molar-refractivity contribution is 0.104. The number of pyridine rings is 1. The van der Waals surface area contributed by atoms with E-state index >= 15 is 0 Å². The molecule has 0 saturated heterocycles. The molecule has 4 nitrogen and oxygen atoms in total. The first kappa shape index (κ1) is 16.5. The third-order valence-corrected chi connectivity index (χ3v) is 3.61. The summed E-state index contributed by atoms with van der Waals surface area (Å²) in [5, 5.41) is 9.24. The number of allylic oxidation sites excluding steroid dienone is 1. The van der Waals surface area contributed by atoms with Crippen LogP contribution < -0.4 is 4.74 Å². The second-order valence-corrected chi connectivity index (χ2v) is 5.46. The van der Waals surface area contributed by atoms with Crippen LogP contribution in [0.15, 0.2) is 79.1 Å². The molecule has 0 bridgehead atoms. The lowest BCUT2D eigenvalue weighted by atomic mass is 10.1. The van der Waals surface area contributed by atoms with Gasteiger partial charge in [0.2, 0.25) is 0 Å². The third-order valence-electron chi connectivity index (χ3n) is 3.61. The molecule has 4 heteroatoms. The molecule has 0 saturated carbocycles. The summed E-state index contributed by atoms with van der Waals surface area (Å²) in [5.41, 5.74) is 2.49. The average molecular weight is 331 g/mol. The van der Waals surface area contributed by atoms with Gasteiger partial charge in [0.1, 0.15) is 18.1 Å². The molecule has 0 aliphatic rings. The fourth-order valence-electron chi connectivity index (χ4n) is 2.21. The van der Waals surface area contributed by atoms with Crippen molar-refractivity contribution in [1.82, 2.24) is 4.98 Å². The van der Waals surface area contributed by atoms with Crippen LogP contribution in [0, 0.1) is 0 Å². The quantitative estimate of drug-likeness (QED) is 0.541. The van der Waals surface area contributed by atoms with Crippen LogP contribution in [0.25, 0.3) is 6.08 Å². The largest absolute Gasteiger partial charge is 0.508 e. The summed E-state index contributed by atoms with van der Waals surface area (Å²) in [6.45, 7) is 0.483. The topological polar surface area (TPSA) is 59.4 Å². The van der Waals surface area contributed by atoms with Crippen LogP contribution >= 0.6 is 0 Å². The Bertz CT molecular complexity index is 854. The molecule has 1 N–H and O–H groups in total. The highest BCUT2D eigenvalue weighted by atomic mass is 16.5. The molecule has 0 aliphatic heterocycles. The van der Waals surface area contributed by atoms with E-state index in [1.54, 1.807) is 30.6 Å². The zero-order chi connectivity index (χ0) is 17.5. The fraction of sp³-hybridized carbons (Fsp3) is 0.0476. The van der Waals surface area contributed by atoms with Gasteiger partial charge in [-0.25, -0.2) is 0 Å². The first-order valence-corrected chi connectivity index (χ1v) is 7.84. The number of hydrogen-bond donors (Lipinski definition) is 1. The number of carbonyl (C=O) groups excluding carboxylic acids is 1. The second kappa shape index (κ2) is 7.93. The molecule has 0 amide bonds. The van der Waals surface area contributed by atoms with Crippen LogP contribution in [0.5, 0.6) is 11.5 Å². The normalized spacial score (nSPS) is 10.7. The van der Waals surface area contributed by atoms with Gasteiger partial charge in [0.15, 0.2) is 5.78 Å². The molecule has 0 spiro atoms. The number of phenols is 1. The molecule has 25 heavy (non-hydrogen) atoms. The molecule has 0 fully saturated rings. The molecular formula is C21H17NO3. The summed E-state index contributed by atoms with van der Waals surface area (Å²) in [6.07, 6.45) is 6.73. The van der Waals surface area contributed by atoms with Crippen molar-refractivity contribution in [3.63, 3.8) is 0 Å². The van der Waals surface area contributed by atoms with Gasteiger partial charge in [0.05, 0.1) is 0 Å². The number of rotatable bonds is 6. The first-order valence-electron chi connectivity index (χ1n) is 7.84. The highest BCUT2D eigenvalue weighted by Gasteiger charge is 2.01. The van der Waals surface area contributed by atoms with Crippen LogP contribution in [0.4, 0.5) is 0 Å². The molecular weight excluding hydrogens is 314 g/mol. The Hall–Kier alpha value is -3.40. The van der Waals surface area contributed by atoms with E-state index in [4.69, 9.17) is 4.74 Å². The molecule has 0 unspecified atom stereocenters.